The number of rotatable bonds is 4. The van der Waals surface area contributed by atoms with Crippen LogP contribution in [-0.4, -0.2) is 24.6 Å². The maximum absolute atomic E-state index is 9.66. The van der Waals surface area contributed by atoms with Crippen LogP contribution in [0.1, 0.15) is 24.7 Å². The summed E-state index contributed by atoms with van der Waals surface area (Å²) in [6, 6.07) is 3.53. The van der Waals surface area contributed by atoms with Gasteiger partial charge in [0.2, 0.25) is 0 Å². The van der Waals surface area contributed by atoms with Crippen LogP contribution in [0.3, 0.4) is 0 Å². The Morgan fingerprint density at radius 3 is 2.86 bits per heavy atom. The molecule has 0 spiro atoms. The molecule has 4 nitrogen and oxygen atoms in total. The standard InChI is InChI=1S/C10H14O4/c11-8(9-2-1-5-12-9)3-4-10-13-6-7-14-10/h1-2,5,8,10-11H,3-4,6-7H2. The molecular formula is C10H14O4. The molecule has 1 aromatic rings. The van der Waals surface area contributed by atoms with Gasteiger partial charge in [0.1, 0.15) is 11.9 Å². The third-order valence-corrected chi connectivity index (χ3v) is 2.24. The fourth-order valence-corrected chi connectivity index (χ4v) is 1.49. The Bertz CT molecular complexity index is 251. The number of hydrogen-bond acceptors (Lipinski definition) is 4. The van der Waals surface area contributed by atoms with Gasteiger partial charge in [-0.25, -0.2) is 0 Å². The van der Waals surface area contributed by atoms with Crippen molar-refractivity contribution < 1.29 is 19.0 Å². The van der Waals surface area contributed by atoms with Gasteiger partial charge in [0.15, 0.2) is 6.29 Å². The second-order valence-electron chi connectivity index (χ2n) is 3.28. The van der Waals surface area contributed by atoms with E-state index >= 15 is 0 Å². The van der Waals surface area contributed by atoms with Gasteiger partial charge in [-0.1, -0.05) is 0 Å². The second-order valence-corrected chi connectivity index (χ2v) is 3.28. The predicted octanol–water partition coefficient (Wildman–Crippen LogP) is 1.47. The van der Waals surface area contributed by atoms with E-state index in [2.05, 4.69) is 0 Å². The molecule has 78 valence electrons. The van der Waals surface area contributed by atoms with Crippen molar-refractivity contribution in [3.8, 4) is 0 Å². The zero-order valence-corrected chi connectivity index (χ0v) is 7.89. The van der Waals surface area contributed by atoms with Gasteiger partial charge in [0.05, 0.1) is 19.5 Å². The minimum absolute atomic E-state index is 0.153. The van der Waals surface area contributed by atoms with Crippen molar-refractivity contribution in [1.82, 2.24) is 0 Å². The molecule has 1 atom stereocenters. The van der Waals surface area contributed by atoms with Crippen molar-refractivity contribution >= 4 is 0 Å². The first-order valence-corrected chi connectivity index (χ1v) is 4.81. The summed E-state index contributed by atoms with van der Waals surface area (Å²) < 4.78 is 15.6. The molecule has 0 bridgehead atoms. The summed E-state index contributed by atoms with van der Waals surface area (Å²) >= 11 is 0. The summed E-state index contributed by atoms with van der Waals surface area (Å²) in [6.07, 6.45) is 2.14. The van der Waals surface area contributed by atoms with Crippen LogP contribution in [0.5, 0.6) is 0 Å². The van der Waals surface area contributed by atoms with Crippen molar-refractivity contribution in [3.63, 3.8) is 0 Å². The highest BCUT2D eigenvalue weighted by Gasteiger charge is 2.18. The highest BCUT2D eigenvalue weighted by Crippen LogP contribution is 2.21. The molecule has 0 aliphatic carbocycles. The molecule has 0 amide bonds. The molecule has 0 saturated carbocycles. The summed E-state index contributed by atoms with van der Waals surface area (Å²) in [5, 5.41) is 9.66. The lowest BCUT2D eigenvalue weighted by molar-refractivity contribution is -0.0551. The van der Waals surface area contributed by atoms with Crippen LogP contribution in [0.4, 0.5) is 0 Å². The third kappa shape index (κ3) is 2.35. The van der Waals surface area contributed by atoms with Gasteiger partial charge in [-0.05, 0) is 18.6 Å². The molecule has 14 heavy (non-hydrogen) atoms. The van der Waals surface area contributed by atoms with E-state index < -0.39 is 6.10 Å². The van der Waals surface area contributed by atoms with Crippen molar-refractivity contribution in [2.24, 2.45) is 0 Å². The maximum atomic E-state index is 9.66. The highest BCUT2D eigenvalue weighted by atomic mass is 16.7. The monoisotopic (exact) mass is 198 g/mol. The van der Waals surface area contributed by atoms with Crippen molar-refractivity contribution in [3.05, 3.63) is 24.2 Å². The average Bonchev–Trinajstić information content (AvgIpc) is 2.87. The Labute approximate surface area is 82.4 Å². The van der Waals surface area contributed by atoms with E-state index in [9.17, 15) is 5.11 Å². The van der Waals surface area contributed by atoms with Crippen LogP contribution in [-0.2, 0) is 9.47 Å². The number of ether oxygens (including phenoxy) is 2. The van der Waals surface area contributed by atoms with Gasteiger partial charge in [-0.3, -0.25) is 0 Å². The Hall–Kier alpha value is -0.840. The van der Waals surface area contributed by atoms with Gasteiger partial charge in [-0.15, -0.1) is 0 Å². The first-order chi connectivity index (χ1) is 6.86. The van der Waals surface area contributed by atoms with Crippen LogP contribution in [0.15, 0.2) is 22.8 Å². The van der Waals surface area contributed by atoms with Crippen LogP contribution >= 0.6 is 0 Å². The lowest BCUT2D eigenvalue weighted by Crippen LogP contribution is -2.09. The fraction of sp³-hybridized carbons (Fsp3) is 0.600. The molecule has 2 heterocycles. The molecule has 4 heteroatoms. The summed E-state index contributed by atoms with van der Waals surface area (Å²) in [6.45, 7) is 1.31. The van der Waals surface area contributed by atoms with Crippen LogP contribution in [0, 0.1) is 0 Å². The molecule has 2 rings (SSSR count). The second kappa shape index (κ2) is 4.59. The fourth-order valence-electron chi connectivity index (χ4n) is 1.49. The summed E-state index contributed by atoms with van der Waals surface area (Å²) in [5.74, 6) is 0.600. The van der Waals surface area contributed by atoms with E-state index in [-0.39, 0.29) is 6.29 Å². The van der Waals surface area contributed by atoms with E-state index in [1.165, 1.54) is 0 Å². The van der Waals surface area contributed by atoms with Gasteiger partial charge < -0.3 is 19.0 Å². The summed E-state index contributed by atoms with van der Waals surface area (Å²) in [5.41, 5.74) is 0. The molecule has 0 radical (unpaired) electrons. The Kier molecular flexibility index (Phi) is 3.18. The van der Waals surface area contributed by atoms with Crippen molar-refractivity contribution in [2.75, 3.05) is 13.2 Å². The third-order valence-electron chi connectivity index (χ3n) is 2.24. The number of hydrogen-bond donors (Lipinski definition) is 1. The van der Waals surface area contributed by atoms with Crippen molar-refractivity contribution in [2.45, 2.75) is 25.2 Å². The van der Waals surface area contributed by atoms with Crippen LogP contribution < -0.4 is 0 Å². The zero-order chi connectivity index (χ0) is 9.80. The van der Waals surface area contributed by atoms with E-state index in [0.29, 0.717) is 31.8 Å². The quantitative estimate of drug-likeness (QED) is 0.795. The zero-order valence-electron chi connectivity index (χ0n) is 7.89. The number of aliphatic hydroxyl groups excluding tert-OH is 1. The molecule has 1 N–H and O–H groups in total. The van der Waals surface area contributed by atoms with E-state index in [0.717, 1.165) is 0 Å². The SMILES string of the molecule is OC(CCC1OCCO1)c1ccco1. The molecule has 1 aliphatic heterocycles. The minimum Gasteiger partial charge on any atom is -0.467 e. The summed E-state index contributed by atoms with van der Waals surface area (Å²) in [4.78, 5) is 0. The highest BCUT2D eigenvalue weighted by molar-refractivity contribution is 5.01. The molecule has 1 saturated heterocycles. The van der Waals surface area contributed by atoms with Crippen molar-refractivity contribution in [1.29, 1.82) is 0 Å². The lowest BCUT2D eigenvalue weighted by atomic mass is 10.1. The van der Waals surface area contributed by atoms with Crippen LogP contribution in [0.25, 0.3) is 0 Å². The Morgan fingerprint density at radius 1 is 1.43 bits per heavy atom. The Morgan fingerprint density at radius 2 is 2.21 bits per heavy atom. The minimum atomic E-state index is -0.558. The average molecular weight is 198 g/mol. The topological polar surface area (TPSA) is 51.8 Å². The van der Waals surface area contributed by atoms with Gasteiger partial charge >= 0.3 is 0 Å². The predicted molar refractivity (Wildman–Crippen MR) is 48.6 cm³/mol. The summed E-state index contributed by atoms with van der Waals surface area (Å²) in [7, 11) is 0. The molecule has 1 aromatic heterocycles. The first-order valence-electron chi connectivity index (χ1n) is 4.81. The molecule has 1 fully saturated rings. The molecule has 1 unspecified atom stereocenters. The molecule has 0 aromatic carbocycles. The van der Waals surface area contributed by atoms with Crippen LogP contribution in [0.2, 0.25) is 0 Å². The van der Waals surface area contributed by atoms with E-state index in [4.69, 9.17) is 13.9 Å². The lowest BCUT2D eigenvalue weighted by Gasteiger charge is -2.11. The number of aliphatic hydroxyl groups is 1. The molecule has 1 aliphatic rings. The van der Waals surface area contributed by atoms with E-state index in [1.807, 2.05) is 0 Å². The first kappa shape index (κ1) is 9.71. The van der Waals surface area contributed by atoms with E-state index in [1.54, 1.807) is 18.4 Å². The smallest absolute Gasteiger partial charge is 0.157 e. The van der Waals surface area contributed by atoms with Gasteiger partial charge in [0, 0.05) is 6.42 Å². The molecular weight excluding hydrogens is 184 g/mol. The Balaban J connectivity index is 1.74. The normalized spacial score (nSPS) is 20.1. The number of furan rings is 1. The van der Waals surface area contributed by atoms with Gasteiger partial charge in [0.25, 0.3) is 0 Å². The maximum Gasteiger partial charge on any atom is 0.157 e. The largest absolute Gasteiger partial charge is 0.467 e. The van der Waals surface area contributed by atoms with Gasteiger partial charge in [-0.2, -0.15) is 0 Å².